The van der Waals surface area contributed by atoms with Crippen LogP contribution in [0.3, 0.4) is 0 Å². The van der Waals surface area contributed by atoms with E-state index in [1.807, 2.05) is 6.07 Å². The Morgan fingerprint density at radius 1 is 1.00 bits per heavy atom. The van der Waals surface area contributed by atoms with Gasteiger partial charge in [0, 0.05) is 5.56 Å². The number of rotatable bonds is 5. The van der Waals surface area contributed by atoms with Crippen molar-refractivity contribution in [3.05, 3.63) is 45.6 Å². The summed E-state index contributed by atoms with van der Waals surface area (Å²) in [5.74, 6) is 1.31. The molecular formula is C25H34O6Si. The Morgan fingerprint density at radius 2 is 1.66 bits per heavy atom. The second-order valence-corrected chi connectivity index (χ2v) is 14.4. The van der Waals surface area contributed by atoms with Crippen LogP contribution in [0.4, 0.5) is 0 Å². The Labute approximate surface area is 191 Å². The van der Waals surface area contributed by atoms with E-state index in [1.54, 1.807) is 27.4 Å². The van der Waals surface area contributed by atoms with E-state index in [9.17, 15) is 9.90 Å². The van der Waals surface area contributed by atoms with Crippen molar-refractivity contribution in [1.82, 2.24) is 0 Å². The summed E-state index contributed by atoms with van der Waals surface area (Å²) >= 11 is 0. The molecule has 0 saturated carbocycles. The Kier molecular flexibility index (Phi) is 6.63. The standard InChI is InChI=1S/C25H34O6Si/c1-25(2,3)32(7,8)31-20-12-9-15-13-21(28-4)23(29-5)24(30-6)22(15)16-10-11-18(26)19(27)14-17(16)20/h10-11,13-14,20H,9,12H2,1-8H3,(H,26,27)/t20-/m1/s1. The maximum Gasteiger partial charge on any atom is 0.220 e. The van der Waals surface area contributed by atoms with Gasteiger partial charge in [0.25, 0.3) is 0 Å². The van der Waals surface area contributed by atoms with Gasteiger partial charge < -0.3 is 23.7 Å². The molecule has 7 heteroatoms. The van der Waals surface area contributed by atoms with Crippen LogP contribution in [0.25, 0.3) is 11.1 Å². The van der Waals surface area contributed by atoms with Crippen LogP contribution < -0.4 is 19.6 Å². The normalized spacial score (nSPS) is 15.9. The van der Waals surface area contributed by atoms with E-state index in [0.29, 0.717) is 30.1 Å². The van der Waals surface area contributed by atoms with Crippen molar-refractivity contribution in [3.8, 4) is 34.1 Å². The van der Waals surface area contributed by atoms with Gasteiger partial charge in [-0.1, -0.05) is 26.8 Å². The molecule has 0 unspecified atom stereocenters. The largest absolute Gasteiger partial charge is 0.504 e. The predicted molar refractivity (Wildman–Crippen MR) is 129 cm³/mol. The first-order valence-electron chi connectivity index (χ1n) is 10.8. The molecular weight excluding hydrogens is 424 g/mol. The van der Waals surface area contributed by atoms with Crippen LogP contribution in [0.1, 0.15) is 44.4 Å². The molecule has 1 atom stereocenters. The highest BCUT2D eigenvalue weighted by molar-refractivity contribution is 6.74. The van der Waals surface area contributed by atoms with Crippen LogP contribution in [-0.4, -0.2) is 34.8 Å². The summed E-state index contributed by atoms with van der Waals surface area (Å²) in [6, 6.07) is 6.68. The molecule has 0 radical (unpaired) electrons. The summed E-state index contributed by atoms with van der Waals surface area (Å²) in [7, 11) is 2.61. The van der Waals surface area contributed by atoms with E-state index in [1.165, 1.54) is 12.1 Å². The summed E-state index contributed by atoms with van der Waals surface area (Å²) in [6.45, 7) is 11.0. The first-order chi connectivity index (χ1) is 14.9. The highest BCUT2D eigenvalue weighted by Gasteiger charge is 2.40. The van der Waals surface area contributed by atoms with Gasteiger partial charge in [0.2, 0.25) is 11.2 Å². The molecule has 1 aliphatic carbocycles. The summed E-state index contributed by atoms with van der Waals surface area (Å²) in [4.78, 5) is 12.6. The van der Waals surface area contributed by atoms with Crippen molar-refractivity contribution in [2.24, 2.45) is 0 Å². The summed E-state index contributed by atoms with van der Waals surface area (Å²) in [6.07, 6.45) is 1.11. The molecule has 174 valence electrons. The number of fused-ring (bicyclic) bond motifs is 3. The number of aryl methyl sites for hydroxylation is 1. The zero-order valence-corrected chi connectivity index (χ0v) is 21.3. The number of aromatic hydroxyl groups is 1. The monoisotopic (exact) mass is 458 g/mol. The summed E-state index contributed by atoms with van der Waals surface area (Å²) in [5.41, 5.74) is 2.95. The van der Waals surface area contributed by atoms with Crippen molar-refractivity contribution in [3.63, 3.8) is 0 Å². The van der Waals surface area contributed by atoms with Crippen molar-refractivity contribution in [1.29, 1.82) is 0 Å². The molecule has 0 bridgehead atoms. The summed E-state index contributed by atoms with van der Waals surface area (Å²) in [5, 5.41) is 10.2. The van der Waals surface area contributed by atoms with Crippen molar-refractivity contribution in [2.45, 2.75) is 57.8 Å². The van der Waals surface area contributed by atoms with Gasteiger partial charge in [0.05, 0.1) is 27.4 Å². The first-order valence-corrected chi connectivity index (χ1v) is 13.7. The van der Waals surface area contributed by atoms with E-state index in [2.05, 4.69) is 33.9 Å². The van der Waals surface area contributed by atoms with E-state index in [-0.39, 0.29) is 16.9 Å². The highest BCUT2D eigenvalue weighted by Crippen LogP contribution is 2.51. The molecule has 2 aromatic carbocycles. The molecule has 0 aromatic heterocycles. The topological polar surface area (TPSA) is 74.2 Å². The SMILES string of the molecule is COc1cc2c(c(OC)c1OC)-c1ccc(O)c(=O)cc1[C@H](O[Si](C)(C)C(C)(C)C)CC2. The lowest BCUT2D eigenvalue weighted by Crippen LogP contribution is -2.42. The second kappa shape index (κ2) is 8.79. The van der Waals surface area contributed by atoms with Gasteiger partial charge in [-0.05, 0) is 65.9 Å². The fourth-order valence-electron chi connectivity index (χ4n) is 3.92. The zero-order chi connectivity index (χ0) is 23.8. The van der Waals surface area contributed by atoms with Crippen LogP contribution in [0.2, 0.25) is 18.1 Å². The van der Waals surface area contributed by atoms with E-state index >= 15 is 0 Å². The zero-order valence-electron chi connectivity index (χ0n) is 20.3. The van der Waals surface area contributed by atoms with E-state index < -0.39 is 13.7 Å². The predicted octanol–water partition coefficient (Wildman–Crippen LogP) is 5.45. The minimum absolute atomic E-state index is 0.00977. The molecule has 1 aliphatic rings. The van der Waals surface area contributed by atoms with Crippen LogP contribution >= 0.6 is 0 Å². The van der Waals surface area contributed by atoms with Crippen LogP contribution in [0, 0.1) is 0 Å². The fraction of sp³-hybridized carbons (Fsp3) is 0.480. The number of ether oxygens (including phenoxy) is 3. The van der Waals surface area contributed by atoms with Gasteiger partial charge >= 0.3 is 0 Å². The molecule has 0 aliphatic heterocycles. The van der Waals surface area contributed by atoms with E-state index in [4.69, 9.17) is 18.6 Å². The molecule has 0 spiro atoms. The highest BCUT2D eigenvalue weighted by atomic mass is 28.4. The third-order valence-corrected chi connectivity index (χ3v) is 11.2. The molecule has 2 aromatic rings. The minimum Gasteiger partial charge on any atom is -0.504 e. The van der Waals surface area contributed by atoms with Gasteiger partial charge in [0.1, 0.15) is 0 Å². The van der Waals surface area contributed by atoms with Gasteiger partial charge in [-0.15, -0.1) is 0 Å². The van der Waals surface area contributed by atoms with E-state index in [0.717, 1.165) is 22.3 Å². The number of benzene rings is 1. The van der Waals surface area contributed by atoms with Crippen molar-refractivity contribution in [2.75, 3.05) is 21.3 Å². The number of methoxy groups -OCH3 is 3. The Balaban J connectivity index is 2.35. The first kappa shape index (κ1) is 24.1. The van der Waals surface area contributed by atoms with Crippen molar-refractivity contribution < 1.29 is 23.7 Å². The number of hydrogen-bond donors (Lipinski definition) is 1. The van der Waals surface area contributed by atoms with Gasteiger partial charge in [-0.3, -0.25) is 4.79 Å². The third kappa shape index (κ3) is 4.23. The molecule has 32 heavy (non-hydrogen) atoms. The van der Waals surface area contributed by atoms with Gasteiger partial charge in [-0.2, -0.15) is 0 Å². The van der Waals surface area contributed by atoms with Crippen LogP contribution in [0.5, 0.6) is 23.0 Å². The molecule has 0 fully saturated rings. The lowest BCUT2D eigenvalue weighted by molar-refractivity contribution is 0.175. The second-order valence-electron chi connectivity index (χ2n) is 9.68. The molecule has 6 nitrogen and oxygen atoms in total. The summed E-state index contributed by atoms with van der Waals surface area (Å²) < 4.78 is 23.8. The third-order valence-electron chi connectivity index (χ3n) is 6.70. The molecule has 3 rings (SSSR count). The van der Waals surface area contributed by atoms with Gasteiger partial charge in [-0.25, -0.2) is 0 Å². The molecule has 0 amide bonds. The minimum atomic E-state index is -2.15. The Bertz CT molecular complexity index is 1070. The average Bonchev–Trinajstić information content (AvgIpc) is 2.95. The molecule has 0 heterocycles. The maximum absolute atomic E-state index is 12.6. The number of hydrogen-bond acceptors (Lipinski definition) is 6. The molecule has 0 saturated heterocycles. The smallest absolute Gasteiger partial charge is 0.220 e. The Morgan fingerprint density at radius 3 is 2.22 bits per heavy atom. The lowest BCUT2D eigenvalue weighted by atomic mass is 9.96. The maximum atomic E-state index is 12.6. The quantitative estimate of drug-likeness (QED) is 0.600. The van der Waals surface area contributed by atoms with Crippen molar-refractivity contribution >= 4 is 8.32 Å². The van der Waals surface area contributed by atoms with Crippen LogP contribution in [0.15, 0.2) is 29.1 Å². The fourth-order valence-corrected chi connectivity index (χ4v) is 5.23. The lowest BCUT2D eigenvalue weighted by Gasteiger charge is -2.39. The average molecular weight is 459 g/mol. The molecule has 1 N–H and O–H groups in total. The van der Waals surface area contributed by atoms with Crippen LogP contribution in [-0.2, 0) is 10.8 Å². The Hall–Kier alpha value is -2.51. The van der Waals surface area contributed by atoms with Gasteiger partial charge in [0.15, 0.2) is 25.6 Å².